The van der Waals surface area contributed by atoms with Crippen molar-refractivity contribution in [3.63, 3.8) is 0 Å². The van der Waals surface area contributed by atoms with Gasteiger partial charge in [0.15, 0.2) is 11.5 Å². The van der Waals surface area contributed by atoms with Gasteiger partial charge in [0.05, 0.1) is 14.2 Å². The van der Waals surface area contributed by atoms with Crippen LogP contribution in [0.3, 0.4) is 0 Å². The van der Waals surface area contributed by atoms with Crippen molar-refractivity contribution in [2.75, 3.05) is 25.3 Å². The van der Waals surface area contributed by atoms with Crippen molar-refractivity contribution in [1.82, 2.24) is 10.3 Å². The standard InChI is InChI=1S/C28H27FN4O5S/c1-15(34)33-18-4-7-25(39)17(10-18)14-32-28(35)26(21-12-23(36-2)24(37-3)13-22(21)29)38-19-5-6-20-16(11-19)8-9-31-27(20)30/h4-13,26,39H,14H2,1-3H3,(H2,30,31)(H,32,35)(H,33,34). The first-order valence-corrected chi connectivity index (χ1v) is 12.2. The van der Waals surface area contributed by atoms with E-state index in [0.29, 0.717) is 33.1 Å². The van der Waals surface area contributed by atoms with Gasteiger partial charge in [-0.2, -0.15) is 0 Å². The minimum absolute atomic E-state index is 0.0415. The van der Waals surface area contributed by atoms with E-state index < -0.39 is 17.8 Å². The van der Waals surface area contributed by atoms with E-state index in [4.69, 9.17) is 19.9 Å². The van der Waals surface area contributed by atoms with Crippen LogP contribution >= 0.6 is 12.6 Å². The number of hydrogen-bond donors (Lipinski definition) is 4. The van der Waals surface area contributed by atoms with Crippen LogP contribution in [0.15, 0.2) is 65.7 Å². The summed E-state index contributed by atoms with van der Waals surface area (Å²) >= 11 is 4.45. The second kappa shape index (κ2) is 11.9. The molecule has 2 amide bonds. The Morgan fingerprint density at radius 3 is 2.51 bits per heavy atom. The molecule has 0 fully saturated rings. The maximum Gasteiger partial charge on any atom is 0.266 e. The summed E-state index contributed by atoms with van der Waals surface area (Å²) in [5.74, 6) is -0.511. The Bertz CT molecular complexity index is 1550. The number of thiol groups is 1. The predicted octanol–water partition coefficient (Wildman–Crippen LogP) is 4.66. The van der Waals surface area contributed by atoms with Gasteiger partial charge < -0.3 is 30.6 Å². The Kier molecular flexibility index (Phi) is 8.40. The van der Waals surface area contributed by atoms with Crippen LogP contribution in [0, 0.1) is 5.82 Å². The molecule has 3 aromatic carbocycles. The van der Waals surface area contributed by atoms with Gasteiger partial charge in [-0.25, -0.2) is 9.37 Å². The molecule has 1 heterocycles. The summed E-state index contributed by atoms with van der Waals surface area (Å²) in [4.78, 5) is 29.6. The number of aromatic nitrogens is 1. The quantitative estimate of drug-likeness (QED) is 0.224. The van der Waals surface area contributed by atoms with Crippen molar-refractivity contribution in [2.24, 2.45) is 0 Å². The Hall–Kier alpha value is -4.51. The van der Waals surface area contributed by atoms with Gasteiger partial charge in [-0.05, 0) is 59.5 Å². The van der Waals surface area contributed by atoms with Crippen molar-refractivity contribution in [2.45, 2.75) is 24.5 Å². The number of nitrogens with zero attached hydrogens (tertiary/aromatic N) is 1. The zero-order valence-electron chi connectivity index (χ0n) is 21.4. The number of rotatable bonds is 9. The number of nitrogens with two attached hydrogens (primary N) is 1. The molecule has 202 valence electrons. The number of carbonyl (C=O) groups excluding carboxylic acids is 2. The lowest BCUT2D eigenvalue weighted by atomic mass is 10.1. The van der Waals surface area contributed by atoms with Crippen LogP contribution in [0.4, 0.5) is 15.9 Å². The number of amides is 2. The van der Waals surface area contributed by atoms with E-state index in [9.17, 15) is 9.59 Å². The number of carbonyl (C=O) groups is 2. The van der Waals surface area contributed by atoms with Crippen LogP contribution in [0.2, 0.25) is 0 Å². The topological polar surface area (TPSA) is 125 Å². The minimum Gasteiger partial charge on any atom is -0.493 e. The molecule has 0 saturated heterocycles. The smallest absolute Gasteiger partial charge is 0.266 e. The maximum atomic E-state index is 15.3. The van der Waals surface area contributed by atoms with E-state index in [0.717, 1.165) is 11.5 Å². The summed E-state index contributed by atoms with van der Waals surface area (Å²) in [5, 5.41) is 6.93. The van der Waals surface area contributed by atoms with E-state index in [-0.39, 0.29) is 29.5 Å². The van der Waals surface area contributed by atoms with Gasteiger partial charge in [-0.15, -0.1) is 12.6 Å². The van der Waals surface area contributed by atoms with Gasteiger partial charge in [0, 0.05) is 47.3 Å². The second-order valence-corrected chi connectivity index (χ2v) is 9.03. The van der Waals surface area contributed by atoms with Crippen LogP contribution < -0.4 is 30.6 Å². The molecule has 0 radical (unpaired) electrons. The molecule has 1 atom stereocenters. The Morgan fingerprint density at radius 1 is 1.05 bits per heavy atom. The molecular formula is C28H27FN4O5S. The molecule has 0 aliphatic rings. The molecule has 0 aliphatic carbocycles. The second-order valence-electron chi connectivity index (χ2n) is 8.55. The first kappa shape index (κ1) is 27.5. The number of fused-ring (bicyclic) bond motifs is 1. The highest BCUT2D eigenvalue weighted by Crippen LogP contribution is 2.35. The summed E-state index contributed by atoms with van der Waals surface area (Å²) in [6, 6.07) is 14.4. The van der Waals surface area contributed by atoms with Crippen molar-refractivity contribution < 1.29 is 28.2 Å². The minimum atomic E-state index is -1.40. The lowest BCUT2D eigenvalue weighted by Crippen LogP contribution is -2.32. The van der Waals surface area contributed by atoms with Crippen molar-refractivity contribution in [1.29, 1.82) is 0 Å². The predicted molar refractivity (Wildman–Crippen MR) is 149 cm³/mol. The molecule has 4 aromatic rings. The molecule has 11 heteroatoms. The lowest BCUT2D eigenvalue weighted by molar-refractivity contribution is -0.128. The number of hydrogen-bond acceptors (Lipinski definition) is 8. The van der Waals surface area contributed by atoms with Crippen LogP contribution in [-0.4, -0.2) is 31.0 Å². The van der Waals surface area contributed by atoms with Gasteiger partial charge >= 0.3 is 0 Å². The van der Waals surface area contributed by atoms with E-state index in [1.54, 1.807) is 48.7 Å². The number of pyridine rings is 1. The molecule has 4 N–H and O–H groups in total. The largest absolute Gasteiger partial charge is 0.493 e. The Labute approximate surface area is 229 Å². The molecular weight excluding hydrogens is 523 g/mol. The summed E-state index contributed by atoms with van der Waals surface area (Å²) < 4.78 is 31.9. The number of nitrogens with one attached hydrogen (secondary N) is 2. The van der Waals surface area contributed by atoms with Crippen molar-refractivity contribution >= 4 is 46.7 Å². The summed E-state index contributed by atoms with van der Waals surface area (Å²) in [7, 11) is 2.80. The number of benzene rings is 3. The summed E-state index contributed by atoms with van der Waals surface area (Å²) in [6.45, 7) is 1.44. The molecule has 4 rings (SSSR count). The zero-order valence-corrected chi connectivity index (χ0v) is 22.3. The highest BCUT2D eigenvalue weighted by atomic mass is 32.1. The molecule has 39 heavy (non-hydrogen) atoms. The maximum absolute atomic E-state index is 15.3. The fourth-order valence-electron chi connectivity index (χ4n) is 4.00. The van der Waals surface area contributed by atoms with E-state index >= 15 is 4.39 Å². The van der Waals surface area contributed by atoms with Gasteiger partial charge in [-0.1, -0.05) is 0 Å². The van der Waals surface area contributed by atoms with E-state index in [2.05, 4.69) is 28.2 Å². The normalized spacial score (nSPS) is 11.5. The number of nitrogen functional groups attached to an aromatic ring is 1. The zero-order chi connectivity index (χ0) is 28.1. The monoisotopic (exact) mass is 550 g/mol. The Balaban J connectivity index is 1.68. The molecule has 0 bridgehead atoms. The van der Waals surface area contributed by atoms with E-state index in [1.807, 2.05) is 0 Å². The van der Waals surface area contributed by atoms with Gasteiger partial charge in [0.1, 0.15) is 17.4 Å². The molecule has 0 saturated carbocycles. The number of halogens is 1. The van der Waals surface area contributed by atoms with Crippen molar-refractivity contribution in [3.05, 3.63) is 77.7 Å². The summed E-state index contributed by atoms with van der Waals surface area (Å²) in [5.41, 5.74) is 7.08. The molecule has 1 aromatic heterocycles. The van der Waals surface area contributed by atoms with Gasteiger partial charge in [0.25, 0.3) is 5.91 Å². The molecule has 0 spiro atoms. The van der Waals surface area contributed by atoms with Crippen molar-refractivity contribution in [3.8, 4) is 17.2 Å². The van der Waals surface area contributed by atoms with Crippen LogP contribution in [0.5, 0.6) is 17.2 Å². The number of ether oxygens (including phenoxy) is 3. The molecule has 1 unspecified atom stereocenters. The fourth-order valence-corrected chi connectivity index (χ4v) is 4.22. The van der Waals surface area contributed by atoms with Crippen LogP contribution in [-0.2, 0) is 16.1 Å². The average Bonchev–Trinajstić information content (AvgIpc) is 2.91. The first-order chi connectivity index (χ1) is 18.7. The average molecular weight is 551 g/mol. The Morgan fingerprint density at radius 2 is 1.79 bits per heavy atom. The summed E-state index contributed by atoms with van der Waals surface area (Å²) in [6.07, 6.45) is 0.160. The third-order valence-electron chi connectivity index (χ3n) is 5.90. The highest BCUT2D eigenvalue weighted by molar-refractivity contribution is 7.80. The molecule has 9 nitrogen and oxygen atoms in total. The highest BCUT2D eigenvalue weighted by Gasteiger charge is 2.28. The fraction of sp³-hybridized carbons (Fsp3) is 0.179. The third kappa shape index (κ3) is 6.32. The lowest BCUT2D eigenvalue weighted by Gasteiger charge is -2.21. The van der Waals surface area contributed by atoms with Crippen LogP contribution in [0.25, 0.3) is 10.8 Å². The number of methoxy groups -OCH3 is 2. The van der Waals surface area contributed by atoms with E-state index in [1.165, 1.54) is 27.2 Å². The van der Waals surface area contributed by atoms with Gasteiger partial charge in [0.2, 0.25) is 12.0 Å². The third-order valence-corrected chi connectivity index (χ3v) is 6.33. The van der Waals surface area contributed by atoms with Crippen LogP contribution in [0.1, 0.15) is 24.2 Å². The first-order valence-electron chi connectivity index (χ1n) is 11.8. The van der Waals surface area contributed by atoms with Gasteiger partial charge in [-0.3, -0.25) is 9.59 Å². The number of anilines is 2. The molecule has 0 aliphatic heterocycles. The SMILES string of the molecule is COc1cc(F)c(C(Oc2ccc3c(N)nccc3c2)C(=O)NCc2cc(NC(C)=O)ccc2S)cc1OC.